The molecule has 2 aromatic rings. The largest absolute Gasteiger partial charge is 0.493 e. The maximum Gasteiger partial charge on any atom is 0.240 e. The molecule has 0 amide bonds. The van der Waals surface area contributed by atoms with E-state index in [1.807, 2.05) is 18.2 Å². The Morgan fingerprint density at radius 2 is 2.30 bits per heavy atom. The number of fused-ring (bicyclic) bond motifs is 1. The Labute approximate surface area is 117 Å². The summed E-state index contributed by atoms with van der Waals surface area (Å²) in [5.74, 6) is 2.43. The number of rotatable bonds is 5. The van der Waals surface area contributed by atoms with Crippen molar-refractivity contribution in [3.63, 3.8) is 0 Å². The SMILES string of the molecule is C=CCNCc1nc(C2COc3ccccc3C2)no1. The van der Waals surface area contributed by atoms with Gasteiger partial charge in [-0.05, 0) is 18.1 Å². The fourth-order valence-electron chi connectivity index (χ4n) is 2.28. The van der Waals surface area contributed by atoms with Crippen molar-refractivity contribution in [3.05, 3.63) is 54.2 Å². The highest BCUT2D eigenvalue weighted by molar-refractivity contribution is 5.36. The topological polar surface area (TPSA) is 60.2 Å². The molecule has 1 N–H and O–H groups in total. The van der Waals surface area contributed by atoms with Gasteiger partial charge in [0, 0.05) is 6.54 Å². The second kappa shape index (κ2) is 5.88. The number of hydrogen-bond donors (Lipinski definition) is 1. The normalized spacial score (nSPS) is 17.3. The van der Waals surface area contributed by atoms with Crippen molar-refractivity contribution in [3.8, 4) is 5.75 Å². The number of para-hydroxylation sites is 1. The summed E-state index contributed by atoms with van der Waals surface area (Å²) in [5, 5.41) is 7.20. The average molecular weight is 271 g/mol. The molecule has 1 unspecified atom stereocenters. The molecular formula is C15H17N3O2. The minimum atomic E-state index is 0.154. The first kappa shape index (κ1) is 12.9. The number of benzene rings is 1. The van der Waals surface area contributed by atoms with Crippen molar-refractivity contribution < 1.29 is 9.26 Å². The zero-order valence-corrected chi connectivity index (χ0v) is 11.2. The Morgan fingerprint density at radius 1 is 1.40 bits per heavy atom. The summed E-state index contributed by atoms with van der Waals surface area (Å²) in [6.07, 6.45) is 2.68. The van der Waals surface area contributed by atoms with Gasteiger partial charge in [0.05, 0.1) is 19.1 Å². The molecule has 0 bridgehead atoms. The molecule has 5 heteroatoms. The van der Waals surface area contributed by atoms with E-state index in [0.29, 0.717) is 19.0 Å². The van der Waals surface area contributed by atoms with E-state index in [2.05, 4.69) is 28.1 Å². The molecule has 0 saturated carbocycles. The van der Waals surface area contributed by atoms with E-state index >= 15 is 0 Å². The molecule has 0 fully saturated rings. The lowest BCUT2D eigenvalue weighted by molar-refractivity contribution is 0.253. The van der Waals surface area contributed by atoms with Gasteiger partial charge in [0.1, 0.15) is 5.75 Å². The molecule has 0 spiro atoms. The summed E-state index contributed by atoms with van der Waals surface area (Å²) in [6.45, 7) is 5.52. The van der Waals surface area contributed by atoms with Gasteiger partial charge in [-0.3, -0.25) is 0 Å². The van der Waals surface area contributed by atoms with Crippen molar-refractivity contribution in [2.24, 2.45) is 0 Å². The summed E-state index contributed by atoms with van der Waals surface area (Å²) in [7, 11) is 0. The third kappa shape index (κ3) is 2.72. The van der Waals surface area contributed by atoms with Crippen LogP contribution in [0.3, 0.4) is 0 Å². The Morgan fingerprint density at radius 3 is 3.20 bits per heavy atom. The van der Waals surface area contributed by atoms with Crippen LogP contribution in [0.25, 0.3) is 0 Å². The highest BCUT2D eigenvalue weighted by Gasteiger charge is 2.25. The van der Waals surface area contributed by atoms with E-state index in [9.17, 15) is 0 Å². The van der Waals surface area contributed by atoms with Crippen LogP contribution < -0.4 is 10.1 Å². The van der Waals surface area contributed by atoms with Crippen molar-refractivity contribution in [1.29, 1.82) is 0 Å². The maximum absolute atomic E-state index is 5.75. The summed E-state index contributed by atoms with van der Waals surface area (Å²) < 4.78 is 11.0. The molecule has 1 aromatic carbocycles. The molecule has 20 heavy (non-hydrogen) atoms. The smallest absolute Gasteiger partial charge is 0.240 e. The van der Waals surface area contributed by atoms with Gasteiger partial charge in [0.2, 0.25) is 5.89 Å². The molecule has 1 atom stereocenters. The van der Waals surface area contributed by atoms with E-state index < -0.39 is 0 Å². The highest BCUT2D eigenvalue weighted by Crippen LogP contribution is 2.30. The quantitative estimate of drug-likeness (QED) is 0.666. The first-order chi connectivity index (χ1) is 9.86. The average Bonchev–Trinajstić information content (AvgIpc) is 2.96. The molecule has 1 aliphatic heterocycles. The lowest BCUT2D eigenvalue weighted by Gasteiger charge is -2.22. The zero-order valence-electron chi connectivity index (χ0n) is 11.2. The molecule has 1 aromatic heterocycles. The summed E-state index contributed by atoms with van der Waals surface area (Å²) in [6, 6.07) is 8.07. The zero-order chi connectivity index (χ0) is 13.8. The second-order valence-electron chi connectivity index (χ2n) is 4.79. The van der Waals surface area contributed by atoms with Gasteiger partial charge in [-0.1, -0.05) is 29.4 Å². The maximum atomic E-state index is 5.75. The fraction of sp³-hybridized carbons (Fsp3) is 0.333. The monoisotopic (exact) mass is 271 g/mol. The van der Waals surface area contributed by atoms with Crippen LogP contribution in [0.5, 0.6) is 5.75 Å². The minimum absolute atomic E-state index is 0.154. The molecule has 0 saturated heterocycles. The van der Waals surface area contributed by atoms with E-state index in [1.165, 1.54) is 5.56 Å². The van der Waals surface area contributed by atoms with E-state index in [1.54, 1.807) is 6.08 Å². The molecule has 3 rings (SSSR count). The van der Waals surface area contributed by atoms with Gasteiger partial charge in [-0.2, -0.15) is 4.98 Å². The number of nitrogens with zero attached hydrogens (tertiary/aromatic N) is 2. The van der Waals surface area contributed by atoms with Crippen LogP contribution in [0.4, 0.5) is 0 Å². The lowest BCUT2D eigenvalue weighted by atomic mass is 9.96. The van der Waals surface area contributed by atoms with Gasteiger partial charge in [-0.25, -0.2) is 0 Å². The Kier molecular flexibility index (Phi) is 3.78. The van der Waals surface area contributed by atoms with Gasteiger partial charge in [0.25, 0.3) is 0 Å². The molecule has 5 nitrogen and oxygen atoms in total. The molecule has 1 aliphatic rings. The summed E-state index contributed by atoms with van der Waals surface area (Å²) in [5.41, 5.74) is 1.19. The van der Waals surface area contributed by atoms with Gasteiger partial charge >= 0.3 is 0 Å². The molecule has 0 aliphatic carbocycles. The van der Waals surface area contributed by atoms with Gasteiger partial charge < -0.3 is 14.6 Å². The Hall–Kier alpha value is -2.14. The number of hydrogen-bond acceptors (Lipinski definition) is 5. The number of aromatic nitrogens is 2. The minimum Gasteiger partial charge on any atom is -0.493 e. The predicted octanol–water partition coefficient (Wildman–Crippen LogP) is 2.06. The van der Waals surface area contributed by atoms with E-state index in [4.69, 9.17) is 9.26 Å². The van der Waals surface area contributed by atoms with Crippen LogP contribution >= 0.6 is 0 Å². The number of ether oxygens (including phenoxy) is 1. The summed E-state index contributed by atoms with van der Waals surface area (Å²) in [4.78, 5) is 4.42. The predicted molar refractivity (Wildman–Crippen MR) is 74.6 cm³/mol. The van der Waals surface area contributed by atoms with Crippen molar-refractivity contribution in [1.82, 2.24) is 15.5 Å². The summed E-state index contributed by atoms with van der Waals surface area (Å²) >= 11 is 0. The first-order valence-corrected chi connectivity index (χ1v) is 6.71. The highest BCUT2D eigenvalue weighted by atomic mass is 16.5. The lowest BCUT2D eigenvalue weighted by Crippen LogP contribution is -2.20. The standard InChI is InChI=1S/C15H17N3O2/c1-2-7-16-9-14-17-15(18-20-14)12-8-11-5-3-4-6-13(11)19-10-12/h2-6,12,16H,1,7-10H2. The second-order valence-corrected chi connectivity index (χ2v) is 4.79. The first-order valence-electron chi connectivity index (χ1n) is 6.71. The van der Waals surface area contributed by atoms with Crippen molar-refractivity contribution in [2.45, 2.75) is 18.9 Å². The van der Waals surface area contributed by atoms with Crippen LogP contribution in [-0.4, -0.2) is 23.3 Å². The van der Waals surface area contributed by atoms with E-state index in [-0.39, 0.29) is 5.92 Å². The van der Waals surface area contributed by atoms with Crippen LogP contribution in [-0.2, 0) is 13.0 Å². The fourth-order valence-corrected chi connectivity index (χ4v) is 2.28. The molecule has 104 valence electrons. The van der Waals surface area contributed by atoms with Gasteiger partial charge in [0.15, 0.2) is 5.82 Å². The third-order valence-electron chi connectivity index (χ3n) is 3.29. The molecule has 2 heterocycles. The molecule has 0 radical (unpaired) electrons. The van der Waals surface area contributed by atoms with Gasteiger partial charge in [-0.15, -0.1) is 6.58 Å². The third-order valence-corrected chi connectivity index (χ3v) is 3.29. The van der Waals surface area contributed by atoms with Crippen LogP contribution in [0.2, 0.25) is 0 Å². The number of nitrogens with one attached hydrogen (secondary N) is 1. The van der Waals surface area contributed by atoms with Crippen molar-refractivity contribution >= 4 is 0 Å². The van der Waals surface area contributed by atoms with Crippen LogP contribution in [0, 0.1) is 0 Å². The molecular weight excluding hydrogens is 254 g/mol. The van der Waals surface area contributed by atoms with Crippen LogP contribution in [0.1, 0.15) is 23.2 Å². The Balaban J connectivity index is 1.67. The Bertz CT molecular complexity index is 594. The van der Waals surface area contributed by atoms with Crippen LogP contribution in [0.15, 0.2) is 41.4 Å². The van der Waals surface area contributed by atoms with E-state index in [0.717, 1.165) is 24.5 Å². The van der Waals surface area contributed by atoms with Crippen molar-refractivity contribution in [2.75, 3.05) is 13.2 Å².